The van der Waals surface area contributed by atoms with Gasteiger partial charge in [0.2, 0.25) is 0 Å². The van der Waals surface area contributed by atoms with Crippen LogP contribution in [-0.4, -0.2) is 30.3 Å². The van der Waals surface area contributed by atoms with E-state index in [1.54, 1.807) is 0 Å². The highest BCUT2D eigenvalue weighted by atomic mass is 33.1. The molecule has 2 saturated heterocycles. The SMILES string of the molecule is SSCc1ccc(N2C[C@@H]3C[C@H]2CO3)cn1. The van der Waals surface area contributed by atoms with Crippen molar-refractivity contribution >= 4 is 28.1 Å². The lowest BCUT2D eigenvalue weighted by atomic mass is 10.2. The van der Waals surface area contributed by atoms with Crippen LogP contribution in [0.3, 0.4) is 0 Å². The minimum absolute atomic E-state index is 0.442. The van der Waals surface area contributed by atoms with Gasteiger partial charge in [-0.15, -0.1) is 11.7 Å². The number of anilines is 1. The molecular weight excluding hydrogens is 240 g/mol. The monoisotopic (exact) mass is 254 g/mol. The largest absolute Gasteiger partial charge is 0.374 e. The first-order valence-electron chi connectivity index (χ1n) is 5.46. The zero-order valence-electron chi connectivity index (χ0n) is 8.87. The average molecular weight is 254 g/mol. The number of hydrogen-bond donors (Lipinski definition) is 1. The number of nitrogens with zero attached hydrogens (tertiary/aromatic N) is 2. The molecule has 0 unspecified atom stereocenters. The summed E-state index contributed by atoms with van der Waals surface area (Å²) in [4.78, 5) is 6.86. The molecule has 3 heterocycles. The molecule has 0 aromatic carbocycles. The van der Waals surface area contributed by atoms with Crippen molar-refractivity contribution in [3.05, 3.63) is 24.0 Å². The number of aromatic nitrogens is 1. The van der Waals surface area contributed by atoms with Gasteiger partial charge in [0, 0.05) is 12.3 Å². The van der Waals surface area contributed by atoms with E-state index in [4.69, 9.17) is 4.74 Å². The van der Waals surface area contributed by atoms with Gasteiger partial charge in [-0.2, -0.15) is 0 Å². The number of morpholine rings is 1. The van der Waals surface area contributed by atoms with Gasteiger partial charge in [0.1, 0.15) is 0 Å². The van der Waals surface area contributed by atoms with Gasteiger partial charge in [0.25, 0.3) is 0 Å². The highest BCUT2D eigenvalue weighted by Gasteiger charge is 2.38. The maximum atomic E-state index is 5.59. The molecule has 0 spiro atoms. The second kappa shape index (κ2) is 4.47. The summed E-state index contributed by atoms with van der Waals surface area (Å²) in [6.07, 6.45) is 3.59. The predicted octanol–water partition coefficient (Wildman–Crippen LogP) is 2.14. The van der Waals surface area contributed by atoms with Crippen LogP contribution in [0.15, 0.2) is 18.3 Å². The molecule has 86 valence electrons. The predicted molar refractivity (Wildman–Crippen MR) is 70.0 cm³/mol. The first-order chi connectivity index (χ1) is 7.86. The van der Waals surface area contributed by atoms with Crippen molar-refractivity contribution in [1.29, 1.82) is 0 Å². The second-order valence-electron chi connectivity index (χ2n) is 4.28. The molecule has 0 saturated carbocycles. The molecule has 3 rings (SSSR count). The topological polar surface area (TPSA) is 25.4 Å². The molecule has 2 aliphatic rings. The number of rotatable bonds is 3. The first-order valence-corrected chi connectivity index (χ1v) is 7.50. The summed E-state index contributed by atoms with van der Waals surface area (Å²) in [7, 11) is 1.50. The highest BCUT2D eigenvalue weighted by molar-refractivity contribution is 8.68. The number of pyridine rings is 1. The molecule has 2 atom stereocenters. The van der Waals surface area contributed by atoms with Crippen LogP contribution in [0.2, 0.25) is 0 Å². The fourth-order valence-corrected chi connectivity index (χ4v) is 3.15. The van der Waals surface area contributed by atoms with Crippen molar-refractivity contribution in [2.45, 2.75) is 24.3 Å². The van der Waals surface area contributed by atoms with Crippen molar-refractivity contribution in [3.8, 4) is 0 Å². The first kappa shape index (κ1) is 10.7. The van der Waals surface area contributed by atoms with Crippen molar-refractivity contribution in [2.75, 3.05) is 18.1 Å². The van der Waals surface area contributed by atoms with E-state index in [1.807, 2.05) is 6.20 Å². The molecule has 2 aliphatic heterocycles. The Kier molecular flexibility index (Phi) is 3.00. The Morgan fingerprint density at radius 1 is 1.56 bits per heavy atom. The molecule has 1 aromatic heterocycles. The van der Waals surface area contributed by atoms with Gasteiger partial charge >= 0.3 is 0 Å². The zero-order valence-corrected chi connectivity index (χ0v) is 10.6. The molecule has 2 bridgehead atoms. The fourth-order valence-electron chi connectivity index (χ4n) is 2.45. The van der Waals surface area contributed by atoms with Gasteiger partial charge in [-0.25, -0.2) is 0 Å². The van der Waals surface area contributed by atoms with Gasteiger partial charge < -0.3 is 9.64 Å². The third-order valence-electron chi connectivity index (χ3n) is 3.25. The number of fused-ring (bicyclic) bond motifs is 2. The van der Waals surface area contributed by atoms with Crippen LogP contribution in [-0.2, 0) is 10.5 Å². The van der Waals surface area contributed by atoms with E-state index >= 15 is 0 Å². The van der Waals surface area contributed by atoms with E-state index in [1.165, 1.54) is 22.9 Å². The van der Waals surface area contributed by atoms with Crippen molar-refractivity contribution in [3.63, 3.8) is 0 Å². The Bertz CT molecular complexity index is 371. The van der Waals surface area contributed by atoms with E-state index < -0.39 is 0 Å². The molecule has 2 fully saturated rings. The quantitative estimate of drug-likeness (QED) is 0.660. The van der Waals surface area contributed by atoms with Gasteiger partial charge in [-0.1, -0.05) is 10.8 Å². The van der Waals surface area contributed by atoms with E-state index in [0.717, 1.165) is 24.6 Å². The van der Waals surface area contributed by atoms with Crippen LogP contribution >= 0.6 is 22.5 Å². The van der Waals surface area contributed by atoms with E-state index in [0.29, 0.717) is 12.1 Å². The van der Waals surface area contributed by atoms with E-state index in [-0.39, 0.29) is 0 Å². The molecule has 3 nitrogen and oxygen atoms in total. The Morgan fingerprint density at radius 2 is 2.50 bits per heavy atom. The Hall–Kier alpha value is -0.390. The number of hydrogen-bond acceptors (Lipinski definition) is 5. The lowest BCUT2D eigenvalue weighted by Crippen LogP contribution is -2.36. The van der Waals surface area contributed by atoms with Crippen LogP contribution < -0.4 is 4.90 Å². The van der Waals surface area contributed by atoms with Crippen LogP contribution in [0, 0.1) is 0 Å². The summed E-state index contributed by atoms with van der Waals surface area (Å²) in [5.41, 5.74) is 2.31. The Balaban J connectivity index is 1.75. The summed E-state index contributed by atoms with van der Waals surface area (Å²) in [5, 5.41) is 0. The number of ether oxygens (including phenoxy) is 1. The fraction of sp³-hybridized carbons (Fsp3) is 0.545. The molecule has 0 radical (unpaired) electrons. The molecular formula is C11H14N2OS2. The smallest absolute Gasteiger partial charge is 0.0771 e. The van der Waals surface area contributed by atoms with Crippen molar-refractivity contribution in [1.82, 2.24) is 4.98 Å². The van der Waals surface area contributed by atoms with Crippen LogP contribution in [0.4, 0.5) is 5.69 Å². The van der Waals surface area contributed by atoms with Gasteiger partial charge in [-0.3, -0.25) is 4.98 Å². The maximum absolute atomic E-state index is 5.59. The summed E-state index contributed by atoms with van der Waals surface area (Å²) in [6, 6.07) is 4.82. The second-order valence-corrected chi connectivity index (χ2v) is 5.60. The standard InChI is InChI=1S/C11H14N2OS2/c15-16-7-8-1-2-9(4-12-8)13-5-11-3-10(13)6-14-11/h1-2,4,10-11,15H,3,5-7H2/t10-,11-/m0/s1. The zero-order chi connectivity index (χ0) is 11.0. The Morgan fingerprint density at radius 3 is 3.06 bits per heavy atom. The molecule has 5 heteroatoms. The molecule has 0 aliphatic carbocycles. The molecule has 0 amide bonds. The Labute approximate surface area is 104 Å². The van der Waals surface area contributed by atoms with Crippen molar-refractivity contribution < 1.29 is 4.74 Å². The van der Waals surface area contributed by atoms with Crippen LogP contribution in [0.1, 0.15) is 12.1 Å². The summed E-state index contributed by atoms with van der Waals surface area (Å²) < 4.78 is 5.59. The van der Waals surface area contributed by atoms with Crippen LogP contribution in [0.5, 0.6) is 0 Å². The molecule has 16 heavy (non-hydrogen) atoms. The van der Waals surface area contributed by atoms with Gasteiger partial charge in [0.15, 0.2) is 0 Å². The summed E-state index contributed by atoms with van der Waals surface area (Å²) >= 11 is 4.13. The summed E-state index contributed by atoms with van der Waals surface area (Å²) in [6.45, 7) is 1.89. The third kappa shape index (κ3) is 1.92. The highest BCUT2D eigenvalue weighted by Crippen LogP contribution is 2.32. The minimum atomic E-state index is 0.442. The lowest BCUT2D eigenvalue weighted by molar-refractivity contribution is 0.0991. The van der Waals surface area contributed by atoms with E-state index in [9.17, 15) is 0 Å². The van der Waals surface area contributed by atoms with E-state index in [2.05, 4.69) is 33.7 Å². The lowest BCUT2D eigenvalue weighted by Gasteiger charge is -2.28. The normalized spacial score (nSPS) is 27.7. The summed E-state index contributed by atoms with van der Waals surface area (Å²) in [5.74, 6) is 0.860. The van der Waals surface area contributed by atoms with Crippen LogP contribution in [0.25, 0.3) is 0 Å². The average Bonchev–Trinajstić information content (AvgIpc) is 2.92. The van der Waals surface area contributed by atoms with Crippen molar-refractivity contribution in [2.24, 2.45) is 0 Å². The molecule has 0 N–H and O–H groups in total. The number of thiol groups is 1. The van der Waals surface area contributed by atoms with Gasteiger partial charge in [-0.05, 0) is 18.6 Å². The maximum Gasteiger partial charge on any atom is 0.0771 e. The molecule has 1 aromatic rings. The van der Waals surface area contributed by atoms with Gasteiger partial charge in [0.05, 0.1) is 36.3 Å². The third-order valence-corrected chi connectivity index (χ3v) is 4.07. The minimum Gasteiger partial charge on any atom is -0.374 e.